The lowest BCUT2D eigenvalue weighted by molar-refractivity contribution is 0.0943. The zero-order valence-electron chi connectivity index (χ0n) is 12.5. The first-order valence-electron chi connectivity index (χ1n) is 7.33. The van der Waals surface area contributed by atoms with Crippen LogP contribution >= 0.6 is 23.4 Å². The number of carbonyl (C=O) groups excluding carboxylic acids is 1. The quantitative estimate of drug-likeness (QED) is 0.804. The van der Waals surface area contributed by atoms with Crippen molar-refractivity contribution in [2.45, 2.75) is 37.4 Å². The van der Waals surface area contributed by atoms with E-state index in [0.29, 0.717) is 22.9 Å². The normalized spacial score (nSPS) is 16.1. The van der Waals surface area contributed by atoms with Crippen LogP contribution in [0.4, 0.5) is 5.82 Å². The topological polar surface area (TPSA) is 54.0 Å². The molecule has 2 rings (SSSR count). The third-order valence-corrected chi connectivity index (χ3v) is 5.62. The molecule has 1 aliphatic carbocycles. The van der Waals surface area contributed by atoms with E-state index >= 15 is 0 Å². The van der Waals surface area contributed by atoms with Gasteiger partial charge in [-0.15, -0.1) is 0 Å². The Kier molecular flexibility index (Phi) is 5.76. The van der Waals surface area contributed by atoms with E-state index in [-0.39, 0.29) is 10.7 Å². The van der Waals surface area contributed by atoms with Gasteiger partial charge in [0.15, 0.2) is 0 Å². The second-order valence-electron chi connectivity index (χ2n) is 5.40. The van der Waals surface area contributed by atoms with Gasteiger partial charge in [-0.2, -0.15) is 11.8 Å². The molecular weight excluding hydrogens is 306 g/mol. The molecule has 0 aromatic carbocycles. The molecule has 0 unspecified atom stereocenters. The minimum absolute atomic E-state index is 0.105. The van der Waals surface area contributed by atoms with Crippen molar-refractivity contribution in [1.29, 1.82) is 0 Å². The molecule has 21 heavy (non-hydrogen) atoms. The standard InChI is InChI=1S/C15H22ClN3OS/c1-3-7-17-13-12(16)8-11(9-18-13)14(20)19-10-15(21-2)5-4-6-15/h8-9H,3-7,10H2,1-2H3,(H,17,18)(H,19,20). The minimum Gasteiger partial charge on any atom is -0.369 e. The second kappa shape index (κ2) is 7.36. The average Bonchev–Trinajstić information content (AvgIpc) is 2.45. The van der Waals surface area contributed by atoms with Gasteiger partial charge in [-0.3, -0.25) is 4.79 Å². The Bertz CT molecular complexity index is 500. The SMILES string of the molecule is CCCNc1ncc(C(=O)NCC2(SC)CCC2)cc1Cl. The number of anilines is 1. The van der Waals surface area contributed by atoms with Crippen LogP contribution in [-0.2, 0) is 0 Å². The van der Waals surface area contributed by atoms with Crippen LogP contribution in [0.2, 0.25) is 5.02 Å². The highest BCUT2D eigenvalue weighted by atomic mass is 35.5. The van der Waals surface area contributed by atoms with E-state index in [1.807, 2.05) is 11.8 Å². The van der Waals surface area contributed by atoms with Crippen LogP contribution in [0.3, 0.4) is 0 Å². The smallest absolute Gasteiger partial charge is 0.252 e. The molecule has 0 saturated heterocycles. The molecule has 116 valence electrons. The summed E-state index contributed by atoms with van der Waals surface area (Å²) in [5.41, 5.74) is 0.512. The van der Waals surface area contributed by atoms with Crippen molar-refractivity contribution in [3.8, 4) is 0 Å². The first kappa shape index (κ1) is 16.4. The van der Waals surface area contributed by atoms with Crippen molar-refractivity contribution in [3.63, 3.8) is 0 Å². The minimum atomic E-state index is -0.105. The molecule has 2 N–H and O–H groups in total. The van der Waals surface area contributed by atoms with E-state index in [0.717, 1.165) is 13.0 Å². The molecule has 1 aromatic heterocycles. The van der Waals surface area contributed by atoms with Crippen LogP contribution < -0.4 is 10.6 Å². The molecule has 0 aliphatic heterocycles. The number of rotatable bonds is 7. The van der Waals surface area contributed by atoms with Crippen LogP contribution in [0.25, 0.3) is 0 Å². The highest BCUT2D eigenvalue weighted by molar-refractivity contribution is 8.00. The van der Waals surface area contributed by atoms with Crippen molar-refractivity contribution in [2.75, 3.05) is 24.7 Å². The molecule has 0 radical (unpaired) electrons. The van der Waals surface area contributed by atoms with Crippen LogP contribution in [0.1, 0.15) is 43.0 Å². The Labute approximate surface area is 135 Å². The van der Waals surface area contributed by atoms with Gasteiger partial charge in [-0.25, -0.2) is 4.98 Å². The molecular formula is C15H22ClN3OS. The van der Waals surface area contributed by atoms with Crippen LogP contribution in [0, 0.1) is 0 Å². The van der Waals surface area contributed by atoms with Crippen molar-refractivity contribution in [1.82, 2.24) is 10.3 Å². The number of halogens is 1. The second-order valence-corrected chi connectivity index (χ2v) is 7.09. The van der Waals surface area contributed by atoms with Crippen molar-refractivity contribution < 1.29 is 4.79 Å². The van der Waals surface area contributed by atoms with Gasteiger partial charge in [0.2, 0.25) is 0 Å². The van der Waals surface area contributed by atoms with Gasteiger partial charge in [0.1, 0.15) is 5.82 Å². The Morgan fingerprint density at radius 3 is 2.81 bits per heavy atom. The Balaban J connectivity index is 1.94. The van der Waals surface area contributed by atoms with E-state index in [1.165, 1.54) is 19.3 Å². The number of amides is 1. The van der Waals surface area contributed by atoms with Gasteiger partial charge in [-0.1, -0.05) is 24.9 Å². The van der Waals surface area contributed by atoms with Gasteiger partial charge in [0.25, 0.3) is 5.91 Å². The molecule has 0 bridgehead atoms. The number of nitrogens with zero attached hydrogens (tertiary/aromatic N) is 1. The molecule has 1 amide bonds. The molecule has 1 aliphatic rings. The summed E-state index contributed by atoms with van der Waals surface area (Å²) in [6.07, 6.45) is 8.28. The summed E-state index contributed by atoms with van der Waals surface area (Å²) in [7, 11) is 0. The fourth-order valence-electron chi connectivity index (χ4n) is 2.30. The number of pyridine rings is 1. The summed E-state index contributed by atoms with van der Waals surface area (Å²) in [6, 6.07) is 1.68. The van der Waals surface area contributed by atoms with Gasteiger partial charge >= 0.3 is 0 Å². The molecule has 0 spiro atoms. The summed E-state index contributed by atoms with van der Waals surface area (Å²) in [5, 5.41) is 6.62. The predicted octanol–water partition coefficient (Wildman–Crippen LogP) is 3.57. The number of nitrogens with one attached hydrogen (secondary N) is 2. The first-order valence-corrected chi connectivity index (χ1v) is 8.93. The largest absolute Gasteiger partial charge is 0.369 e. The van der Waals surface area contributed by atoms with E-state index in [4.69, 9.17) is 11.6 Å². The Morgan fingerprint density at radius 1 is 1.52 bits per heavy atom. The van der Waals surface area contributed by atoms with Gasteiger partial charge in [-0.05, 0) is 31.6 Å². The summed E-state index contributed by atoms with van der Waals surface area (Å²) in [6.45, 7) is 3.60. The van der Waals surface area contributed by atoms with Crippen molar-refractivity contribution >= 4 is 35.1 Å². The van der Waals surface area contributed by atoms with E-state index in [2.05, 4.69) is 28.8 Å². The highest BCUT2D eigenvalue weighted by Crippen LogP contribution is 2.42. The maximum absolute atomic E-state index is 12.2. The lowest BCUT2D eigenvalue weighted by Gasteiger charge is -2.40. The van der Waals surface area contributed by atoms with E-state index in [1.54, 1.807) is 12.3 Å². The summed E-state index contributed by atoms with van der Waals surface area (Å²) < 4.78 is 0.232. The van der Waals surface area contributed by atoms with E-state index < -0.39 is 0 Å². The van der Waals surface area contributed by atoms with Gasteiger partial charge in [0, 0.05) is 24.0 Å². The zero-order chi connectivity index (χ0) is 15.3. The summed E-state index contributed by atoms with van der Waals surface area (Å²) in [4.78, 5) is 16.4. The monoisotopic (exact) mass is 327 g/mol. The van der Waals surface area contributed by atoms with Crippen LogP contribution in [0.5, 0.6) is 0 Å². The third-order valence-electron chi connectivity index (χ3n) is 3.91. The highest BCUT2D eigenvalue weighted by Gasteiger charge is 2.36. The Morgan fingerprint density at radius 2 is 2.29 bits per heavy atom. The lowest BCUT2D eigenvalue weighted by atomic mass is 9.84. The summed E-state index contributed by atoms with van der Waals surface area (Å²) >= 11 is 8.00. The number of thioether (sulfide) groups is 1. The van der Waals surface area contributed by atoms with Crippen molar-refractivity contribution in [2.24, 2.45) is 0 Å². The van der Waals surface area contributed by atoms with Crippen LogP contribution in [0.15, 0.2) is 12.3 Å². The van der Waals surface area contributed by atoms with Gasteiger partial charge < -0.3 is 10.6 Å². The maximum Gasteiger partial charge on any atom is 0.252 e. The molecule has 4 nitrogen and oxygen atoms in total. The number of aromatic nitrogens is 1. The number of hydrogen-bond donors (Lipinski definition) is 2. The Hall–Kier alpha value is -0.940. The average molecular weight is 328 g/mol. The maximum atomic E-state index is 12.2. The molecule has 1 saturated carbocycles. The molecule has 6 heteroatoms. The number of hydrogen-bond acceptors (Lipinski definition) is 4. The predicted molar refractivity (Wildman–Crippen MR) is 90.5 cm³/mol. The number of carbonyl (C=O) groups is 1. The molecule has 0 atom stereocenters. The summed E-state index contributed by atoms with van der Waals surface area (Å²) in [5.74, 6) is 0.529. The zero-order valence-corrected chi connectivity index (χ0v) is 14.1. The van der Waals surface area contributed by atoms with Crippen LogP contribution in [-0.4, -0.2) is 35.0 Å². The molecule has 1 heterocycles. The fourth-order valence-corrected chi connectivity index (χ4v) is 3.45. The first-order chi connectivity index (χ1) is 10.1. The lowest BCUT2D eigenvalue weighted by Crippen LogP contribution is -2.45. The van der Waals surface area contributed by atoms with E-state index in [9.17, 15) is 4.79 Å². The molecule has 1 aromatic rings. The fraction of sp³-hybridized carbons (Fsp3) is 0.600. The molecule has 1 fully saturated rings. The third kappa shape index (κ3) is 4.04. The van der Waals surface area contributed by atoms with Crippen molar-refractivity contribution in [3.05, 3.63) is 22.8 Å². The van der Waals surface area contributed by atoms with Gasteiger partial charge in [0.05, 0.1) is 10.6 Å².